The average Bonchev–Trinajstić information content (AvgIpc) is 2.33. The Hall–Kier alpha value is -1.56. The zero-order valence-electron chi connectivity index (χ0n) is 10.9. The number of carbonyl (C=O) groups is 1. The molecule has 1 aromatic carbocycles. The highest BCUT2D eigenvalue weighted by Gasteiger charge is 2.10. The maximum Gasteiger partial charge on any atom is 0.233 e. The number of nitrogens with one attached hydrogen (secondary N) is 2. The average molecular weight is 274 g/mol. The van der Waals surface area contributed by atoms with Crippen LogP contribution in [-0.4, -0.2) is 19.0 Å². The topological polar surface area (TPSA) is 41.1 Å². The molecule has 1 aromatic rings. The molecule has 0 bridgehead atoms. The first kappa shape index (κ1) is 15.5. The Kier molecular flexibility index (Phi) is 5.82. The van der Waals surface area contributed by atoms with Crippen LogP contribution in [0.2, 0.25) is 0 Å². The van der Waals surface area contributed by atoms with E-state index >= 15 is 0 Å². The highest BCUT2D eigenvalue weighted by atomic mass is 19.2. The molecule has 106 valence electrons. The molecule has 0 aliphatic rings. The quantitative estimate of drug-likeness (QED) is 0.779. The number of carbonyl (C=O) groups excluding carboxylic acids is 1. The van der Waals surface area contributed by atoms with E-state index in [1.807, 2.05) is 13.8 Å². The van der Waals surface area contributed by atoms with Crippen molar-refractivity contribution in [1.29, 1.82) is 0 Å². The van der Waals surface area contributed by atoms with Crippen molar-refractivity contribution in [2.24, 2.45) is 5.92 Å². The lowest BCUT2D eigenvalue weighted by Gasteiger charge is -2.09. The second kappa shape index (κ2) is 7.13. The van der Waals surface area contributed by atoms with Gasteiger partial charge in [-0.2, -0.15) is 0 Å². The molecular weight excluding hydrogens is 257 g/mol. The van der Waals surface area contributed by atoms with Crippen molar-refractivity contribution >= 4 is 5.91 Å². The van der Waals surface area contributed by atoms with E-state index < -0.39 is 17.5 Å². The van der Waals surface area contributed by atoms with E-state index in [0.717, 1.165) is 12.1 Å². The van der Waals surface area contributed by atoms with Crippen LogP contribution in [0, 0.1) is 23.4 Å². The Morgan fingerprint density at radius 2 is 1.79 bits per heavy atom. The summed E-state index contributed by atoms with van der Waals surface area (Å²) in [6.45, 7) is 4.63. The van der Waals surface area contributed by atoms with Gasteiger partial charge in [0, 0.05) is 13.1 Å². The van der Waals surface area contributed by atoms with Gasteiger partial charge in [-0.3, -0.25) is 4.79 Å². The third-order valence-corrected chi connectivity index (χ3v) is 2.37. The molecule has 0 heterocycles. The van der Waals surface area contributed by atoms with Gasteiger partial charge >= 0.3 is 0 Å². The molecule has 0 aromatic heterocycles. The number of hydrogen-bond acceptors (Lipinski definition) is 2. The molecule has 2 N–H and O–H groups in total. The minimum atomic E-state index is -1.49. The second-order valence-electron chi connectivity index (χ2n) is 4.67. The van der Waals surface area contributed by atoms with Crippen molar-refractivity contribution in [2.45, 2.75) is 20.4 Å². The molecule has 0 radical (unpaired) electrons. The third-order valence-electron chi connectivity index (χ3n) is 2.37. The monoisotopic (exact) mass is 274 g/mol. The van der Waals surface area contributed by atoms with Crippen molar-refractivity contribution in [2.75, 3.05) is 13.1 Å². The van der Waals surface area contributed by atoms with Crippen LogP contribution in [0.15, 0.2) is 12.1 Å². The van der Waals surface area contributed by atoms with E-state index in [-0.39, 0.29) is 24.6 Å². The van der Waals surface area contributed by atoms with E-state index in [2.05, 4.69) is 10.6 Å². The third kappa shape index (κ3) is 5.30. The molecule has 0 saturated carbocycles. The molecule has 0 unspecified atom stereocenters. The van der Waals surface area contributed by atoms with Crippen LogP contribution < -0.4 is 10.6 Å². The first-order valence-corrected chi connectivity index (χ1v) is 6.01. The summed E-state index contributed by atoms with van der Waals surface area (Å²) in [7, 11) is 0. The summed E-state index contributed by atoms with van der Waals surface area (Å²) >= 11 is 0. The Labute approximate surface area is 110 Å². The van der Waals surface area contributed by atoms with Gasteiger partial charge in [-0.25, -0.2) is 13.2 Å². The molecule has 6 heteroatoms. The summed E-state index contributed by atoms with van der Waals surface area (Å²) in [5.74, 6) is -3.80. The van der Waals surface area contributed by atoms with E-state index in [9.17, 15) is 18.0 Å². The number of halogens is 3. The van der Waals surface area contributed by atoms with Crippen LogP contribution in [0.5, 0.6) is 0 Å². The molecule has 0 aliphatic carbocycles. The molecule has 19 heavy (non-hydrogen) atoms. The van der Waals surface area contributed by atoms with Crippen molar-refractivity contribution in [3.63, 3.8) is 0 Å². The van der Waals surface area contributed by atoms with Crippen molar-refractivity contribution in [1.82, 2.24) is 10.6 Å². The largest absolute Gasteiger partial charge is 0.355 e. The summed E-state index contributed by atoms with van der Waals surface area (Å²) < 4.78 is 38.5. The van der Waals surface area contributed by atoms with E-state index in [0.29, 0.717) is 12.5 Å². The fourth-order valence-corrected chi connectivity index (χ4v) is 1.41. The Balaban J connectivity index is 2.39. The minimum Gasteiger partial charge on any atom is -0.355 e. The van der Waals surface area contributed by atoms with Gasteiger partial charge in [-0.15, -0.1) is 0 Å². The molecule has 0 spiro atoms. The number of hydrogen-bond donors (Lipinski definition) is 2. The maximum atomic E-state index is 12.9. The lowest BCUT2D eigenvalue weighted by atomic mass is 10.2. The lowest BCUT2D eigenvalue weighted by molar-refractivity contribution is -0.120. The molecule has 0 fully saturated rings. The van der Waals surface area contributed by atoms with Crippen molar-refractivity contribution in [3.8, 4) is 0 Å². The van der Waals surface area contributed by atoms with Crippen LogP contribution in [-0.2, 0) is 11.3 Å². The van der Waals surface area contributed by atoms with Gasteiger partial charge in [0.1, 0.15) is 0 Å². The molecule has 1 amide bonds. The first-order chi connectivity index (χ1) is 8.90. The smallest absolute Gasteiger partial charge is 0.233 e. The van der Waals surface area contributed by atoms with Gasteiger partial charge in [0.2, 0.25) is 5.91 Å². The summed E-state index contributed by atoms with van der Waals surface area (Å²) in [5.41, 5.74) is 0.244. The van der Waals surface area contributed by atoms with Gasteiger partial charge in [-0.05, 0) is 23.6 Å². The number of rotatable bonds is 6. The van der Waals surface area contributed by atoms with Gasteiger partial charge in [-0.1, -0.05) is 13.8 Å². The Morgan fingerprint density at radius 1 is 1.21 bits per heavy atom. The number of amides is 1. The first-order valence-electron chi connectivity index (χ1n) is 6.01. The Morgan fingerprint density at radius 3 is 2.32 bits per heavy atom. The van der Waals surface area contributed by atoms with Crippen LogP contribution in [0.25, 0.3) is 0 Å². The standard InChI is InChI=1S/C13H17F3N2O/c1-8(2)5-18-12(19)7-17-6-9-3-10(14)13(16)11(15)4-9/h3-4,8,17H,5-7H2,1-2H3,(H,18,19). The van der Waals surface area contributed by atoms with Crippen molar-refractivity contribution < 1.29 is 18.0 Å². The fourth-order valence-electron chi connectivity index (χ4n) is 1.41. The summed E-state index contributed by atoms with van der Waals surface area (Å²) in [4.78, 5) is 11.3. The minimum absolute atomic E-state index is 0.0351. The second-order valence-corrected chi connectivity index (χ2v) is 4.67. The molecule has 0 saturated heterocycles. The van der Waals surface area contributed by atoms with Gasteiger partial charge in [0.25, 0.3) is 0 Å². The van der Waals surface area contributed by atoms with Crippen LogP contribution in [0.4, 0.5) is 13.2 Å². The van der Waals surface area contributed by atoms with Crippen LogP contribution in [0.3, 0.4) is 0 Å². The van der Waals surface area contributed by atoms with E-state index in [1.54, 1.807) is 0 Å². The molecular formula is C13H17F3N2O. The van der Waals surface area contributed by atoms with E-state index in [4.69, 9.17) is 0 Å². The molecule has 3 nitrogen and oxygen atoms in total. The van der Waals surface area contributed by atoms with E-state index in [1.165, 1.54) is 0 Å². The van der Waals surface area contributed by atoms with Crippen LogP contribution >= 0.6 is 0 Å². The number of benzene rings is 1. The van der Waals surface area contributed by atoms with Gasteiger partial charge in [0.05, 0.1) is 6.54 Å². The fraction of sp³-hybridized carbons (Fsp3) is 0.462. The van der Waals surface area contributed by atoms with Crippen LogP contribution in [0.1, 0.15) is 19.4 Å². The molecule has 1 rings (SSSR count). The predicted molar refractivity (Wildman–Crippen MR) is 65.9 cm³/mol. The van der Waals surface area contributed by atoms with Gasteiger partial charge < -0.3 is 10.6 Å². The zero-order valence-corrected chi connectivity index (χ0v) is 10.9. The van der Waals surface area contributed by atoms with Crippen molar-refractivity contribution in [3.05, 3.63) is 35.1 Å². The van der Waals surface area contributed by atoms with Gasteiger partial charge in [0.15, 0.2) is 17.5 Å². The summed E-state index contributed by atoms with van der Waals surface area (Å²) in [6, 6.07) is 1.80. The molecule has 0 aliphatic heterocycles. The highest BCUT2D eigenvalue weighted by molar-refractivity contribution is 5.77. The zero-order chi connectivity index (χ0) is 14.4. The summed E-state index contributed by atoms with van der Waals surface area (Å²) in [5, 5.41) is 5.42. The highest BCUT2D eigenvalue weighted by Crippen LogP contribution is 2.13. The summed E-state index contributed by atoms with van der Waals surface area (Å²) in [6.07, 6.45) is 0. The molecule has 0 atom stereocenters. The normalized spacial score (nSPS) is 10.8. The maximum absolute atomic E-state index is 12.9. The SMILES string of the molecule is CC(C)CNC(=O)CNCc1cc(F)c(F)c(F)c1. The Bertz CT molecular complexity index is 427. The lowest BCUT2D eigenvalue weighted by Crippen LogP contribution is -2.35. The predicted octanol–water partition coefficient (Wildman–Crippen LogP) is 1.97.